The molecule has 1 aliphatic rings. The summed E-state index contributed by atoms with van der Waals surface area (Å²) >= 11 is 0. The highest BCUT2D eigenvalue weighted by molar-refractivity contribution is 5.88. The maximum Gasteiger partial charge on any atom is 0.328 e. The normalized spacial score (nSPS) is 16.3. The molecule has 0 saturated heterocycles. The first-order valence-electron chi connectivity index (χ1n) is 5.61. The second-order valence-corrected chi connectivity index (χ2v) is 4.69. The highest BCUT2D eigenvalue weighted by atomic mass is 16.5. The number of aliphatic carboxylic acids is 1. The highest BCUT2D eigenvalue weighted by Gasteiger charge is 2.23. The zero-order valence-corrected chi connectivity index (χ0v) is 10.3. The third-order valence-electron chi connectivity index (χ3n) is 2.71. The highest BCUT2D eigenvalue weighted by Crippen LogP contribution is 2.36. The van der Waals surface area contributed by atoms with Crippen LogP contribution in [0.2, 0.25) is 0 Å². The van der Waals surface area contributed by atoms with E-state index in [2.05, 4.69) is 0 Å². The minimum Gasteiger partial charge on any atom is -0.483 e. The van der Waals surface area contributed by atoms with Crippen molar-refractivity contribution >= 4 is 23.8 Å². The van der Waals surface area contributed by atoms with Crippen LogP contribution in [-0.4, -0.2) is 16.7 Å². The number of nitrogen functional groups attached to an aromatic ring is 1. The first kappa shape index (κ1) is 12.2. The van der Waals surface area contributed by atoms with Crippen LogP contribution in [-0.2, 0) is 4.79 Å². The lowest BCUT2D eigenvalue weighted by Crippen LogP contribution is -2.27. The Morgan fingerprint density at radius 1 is 1.44 bits per heavy atom. The topological polar surface area (TPSA) is 72.5 Å². The predicted molar refractivity (Wildman–Crippen MR) is 71.3 cm³/mol. The van der Waals surface area contributed by atoms with Gasteiger partial charge in [-0.2, -0.15) is 0 Å². The number of hydrogen-bond donors (Lipinski definition) is 2. The average molecular weight is 245 g/mol. The fraction of sp³-hybridized carbons (Fsp3) is 0.214. The van der Waals surface area contributed by atoms with Gasteiger partial charge in [0.05, 0.1) is 0 Å². The van der Waals surface area contributed by atoms with Crippen LogP contribution in [0.1, 0.15) is 25.0 Å². The Balaban J connectivity index is 2.43. The van der Waals surface area contributed by atoms with Gasteiger partial charge in [-0.1, -0.05) is 0 Å². The van der Waals surface area contributed by atoms with Crippen molar-refractivity contribution in [3.8, 4) is 5.75 Å². The van der Waals surface area contributed by atoms with Gasteiger partial charge in [0.15, 0.2) is 0 Å². The summed E-state index contributed by atoms with van der Waals surface area (Å²) in [6.07, 6.45) is 6.38. The zero-order valence-electron chi connectivity index (χ0n) is 10.3. The van der Waals surface area contributed by atoms with Crippen molar-refractivity contribution in [3.05, 3.63) is 35.4 Å². The summed E-state index contributed by atoms with van der Waals surface area (Å²) in [5, 5.41) is 8.61. The number of fused-ring (bicyclic) bond motifs is 1. The second-order valence-electron chi connectivity index (χ2n) is 4.69. The molecule has 3 N–H and O–H groups in total. The Morgan fingerprint density at radius 2 is 2.17 bits per heavy atom. The molecule has 4 heteroatoms. The van der Waals surface area contributed by atoms with Crippen LogP contribution in [0, 0.1) is 0 Å². The summed E-state index contributed by atoms with van der Waals surface area (Å²) in [6, 6.07) is 3.56. The van der Waals surface area contributed by atoms with Crippen LogP contribution in [0.3, 0.4) is 0 Å². The van der Waals surface area contributed by atoms with Gasteiger partial charge in [0.2, 0.25) is 0 Å². The molecule has 0 fully saturated rings. The number of carboxylic acids is 1. The number of ether oxygens (including phenoxy) is 1. The first-order chi connectivity index (χ1) is 8.39. The van der Waals surface area contributed by atoms with Gasteiger partial charge in [-0.25, -0.2) is 4.79 Å². The van der Waals surface area contributed by atoms with Gasteiger partial charge < -0.3 is 15.6 Å². The number of carboxylic acid groups (broad SMARTS) is 1. The van der Waals surface area contributed by atoms with Crippen molar-refractivity contribution in [2.24, 2.45) is 0 Å². The lowest BCUT2D eigenvalue weighted by molar-refractivity contribution is -0.131. The lowest BCUT2D eigenvalue weighted by atomic mass is 9.98. The molecule has 0 bridgehead atoms. The molecule has 4 nitrogen and oxygen atoms in total. The molecule has 1 aromatic rings. The summed E-state index contributed by atoms with van der Waals surface area (Å²) in [7, 11) is 0. The van der Waals surface area contributed by atoms with Crippen LogP contribution in [0.4, 0.5) is 5.69 Å². The Bertz CT molecular complexity index is 556. The van der Waals surface area contributed by atoms with Crippen LogP contribution in [0.25, 0.3) is 12.2 Å². The van der Waals surface area contributed by atoms with E-state index < -0.39 is 5.97 Å². The summed E-state index contributed by atoms with van der Waals surface area (Å²) in [4.78, 5) is 10.5. The minimum absolute atomic E-state index is 0.349. The molecule has 0 aromatic heterocycles. The molecule has 0 radical (unpaired) electrons. The van der Waals surface area contributed by atoms with Gasteiger partial charge >= 0.3 is 5.97 Å². The van der Waals surface area contributed by atoms with Crippen molar-refractivity contribution in [1.82, 2.24) is 0 Å². The van der Waals surface area contributed by atoms with Crippen molar-refractivity contribution in [1.29, 1.82) is 0 Å². The molecular formula is C14H15NO3. The van der Waals surface area contributed by atoms with E-state index in [4.69, 9.17) is 15.6 Å². The molecule has 94 valence electrons. The third kappa shape index (κ3) is 2.37. The average Bonchev–Trinajstić information content (AvgIpc) is 2.26. The number of anilines is 1. The number of benzene rings is 1. The molecule has 0 spiro atoms. The monoisotopic (exact) mass is 245 g/mol. The molecule has 1 aliphatic heterocycles. The molecule has 0 atom stereocenters. The summed E-state index contributed by atoms with van der Waals surface area (Å²) in [5.74, 6) is -0.285. The van der Waals surface area contributed by atoms with E-state index in [9.17, 15) is 4.79 Å². The van der Waals surface area contributed by atoms with Gasteiger partial charge in [-0.05, 0) is 49.8 Å². The van der Waals surface area contributed by atoms with E-state index >= 15 is 0 Å². The van der Waals surface area contributed by atoms with Crippen LogP contribution < -0.4 is 10.5 Å². The van der Waals surface area contributed by atoms with Crippen LogP contribution in [0.5, 0.6) is 5.75 Å². The second kappa shape index (κ2) is 4.22. The third-order valence-corrected chi connectivity index (χ3v) is 2.71. The van der Waals surface area contributed by atoms with E-state index in [1.54, 1.807) is 12.1 Å². The molecule has 18 heavy (non-hydrogen) atoms. The number of carbonyl (C=O) groups is 1. The molecule has 0 aliphatic carbocycles. The van der Waals surface area contributed by atoms with Crippen molar-refractivity contribution in [2.75, 3.05) is 5.73 Å². The molecule has 2 rings (SSSR count). The van der Waals surface area contributed by atoms with E-state index in [1.807, 2.05) is 26.0 Å². The number of rotatable bonds is 2. The van der Waals surface area contributed by atoms with E-state index in [0.717, 1.165) is 11.6 Å². The maximum absolute atomic E-state index is 10.5. The van der Waals surface area contributed by atoms with Gasteiger partial charge in [0, 0.05) is 17.3 Å². The standard InChI is InChI=1S/C14H15NO3/c1-14(2)8-7-10-11(18-14)5-3-9(13(10)15)4-6-12(16)17/h3-8H,15H2,1-2H3,(H,16,17)/b6-4+. The predicted octanol–water partition coefficient (Wildman–Crippen LogP) is 2.55. The van der Waals surface area contributed by atoms with Gasteiger partial charge in [-0.3, -0.25) is 0 Å². The fourth-order valence-corrected chi connectivity index (χ4v) is 1.80. The van der Waals surface area contributed by atoms with Gasteiger partial charge in [0.25, 0.3) is 0 Å². The molecule has 0 unspecified atom stereocenters. The van der Waals surface area contributed by atoms with E-state index in [-0.39, 0.29) is 5.60 Å². The Kier molecular flexibility index (Phi) is 2.87. The summed E-state index contributed by atoms with van der Waals surface area (Å²) in [5.41, 5.74) is 7.64. The van der Waals surface area contributed by atoms with Gasteiger partial charge in [-0.15, -0.1) is 0 Å². The Morgan fingerprint density at radius 3 is 2.83 bits per heavy atom. The number of nitrogens with two attached hydrogens (primary N) is 1. The SMILES string of the molecule is CC1(C)C=Cc2c(ccc(/C=C/C(=O)O)c2N)O1. The molecule has 0 saturated carbocycles. The van der Waals surface area contributed by atoms with Gasteiger partial charge in [0.1, 0.15) is 11.4 Å². The minimum atomic E-state index is -1.000. The quantitative estimate of drug-likeness (QED) is 0.620. The van der Waals surface area contributed by atoms with Crippen LogP contribution in [0.15, 0.2) is 24.3 Å². The fourth-order valence-electron chi connectivity index (χ4n) is 1.80. The maximum atomic E-state index is 10.5. The lowest BCUT2D eigenvalue weighted by Gasteiger charge is -2.28. The molecule has 1 heterocycles. The molecular weight excluding hydrogens is 230 g/mol. The zero-order chi connectivity index (χ0) is 13.3. The van der Waals surface area contributed by atoms with E-state index in [1.165, 1.54) is 6.08 Å². The van der Waals surface area contributed by atoms with Crippen molar-refractivity contribution in [2.45, 2.75) is 19.4 Å². The van der Waals surface area contributed by atoms with E-state index in [0.29, 0.717) is 17.0 Å². The van der Waals surface area contributed by atoms with Crippen LogP contribution >= 0.6 is 0 Å². The van der Waals surface area contributed by atoms with Crippen molar-refractivity contribution < 1.29 is 14.6 Å². The smallest absolute Gasteiger partial charge is 0.328 e. The van der Waals surface area contributed by atoms with Crippen molar-refractivity contribution in [3.63, 3.8) is 0 Å². The Labute approximate surface area is 105 Å². The largest absolute Gasteiger partial charge is 0.483 e. The first-order valence-corrected chi connectivity index (χ1v) is 5.61. The molecule has 1 aromatic carbocycles. The molecule has 0 amide bonds. The summed E-state index contributed by atoms with van der Waals surface area (Å²) < 4.78 is 5.77. The Hall–Kier alpha value is -2.23. The number of hydrogen-bond acceptors (Lipinski definition) is 3. The summed E-state index contributed by atoms with van der Waals surface area (Å²) in [6.45, 7) is 3.92.